The van der Waals surface area contributed by atoms with E-state index in [0.29, 0.717) is 6.42 Å². The van der Waals surface area contributed by atoms with E-state index in [1.807, 2.05) is 0 Å². The highest BCUT2D eigenvalue weighted by atomic mass is 31.2. The molecular formula is C52H102NO8P. The molecule has 1 amide bonds. The fourth-order valence-electron chi connectivity index (χ4n) is 7.91. The highest BCUT2D eigenvalue weighted by molar-refractivity contribution is 7.47. The maximum absolute atomic E-state index is 12.2. The van der Waals surface area contributed by atoms with E-state index in [9.17, 15) is 24.2 Å². The van der Waals surface area contributed by atoms with Crippen LogP contribution in [0.15, 0.2) is 12.2 Å². The summed E-state index contributed by atoms with van der Waals surface area (Å²) in [5.74, 6) is -0.506. The molecule has 0 saturated carbocycles. The van der Waals surface area contributed by atoms with Gasteiger partial charge in [0, 0.05) is 19.4 Å². The number of nitrogens with one attached hydrogen (secondary N) is 1. The molecule has 0 aliphatic rings. The largest absolute Gasteiger partial charge is 0.472 e. The van der Waals surface area contributed by atoms with Crippen molar-refractivity contribution in [1.82, 2.24) is 5.32 Å². The van der Waals surface area contributed by atoms with Crippen molar-refractivity contribution in [2.24, 2.45) is 0 Å². The molecule has 0 saturated heterocycles. The first-order valence-electron chi connectivity index (χ1n) is 26.7. The molecule has 0 aromatic carbocycles. The minimum atomic E-state index is -4.42. The third kappa shape index (κ3) is 49.8. The lowest BCUT2D eigenvalue weighted by Gasteiger charge is -2.15. The normalized spacial score (nSPS) is 13.2. The van der Waals surface area contributed by atoms with Crippen LogP contribution in [0.5, 0.6) is 0 Å². The van der Waals surface area contributed by atoms with Crippen molar-refractivity contribution in [3.8, 4) is 0 Å². The summed E-state index contributed by atoms with van der Waals surface area (Å²) in [5.41, 5.74) is 0. The van der Waals surface area contributed by atoms with E-state index in [2.05, 4.69) is 31.3 Å². The number of aliphatic hydroxyl groups is 1. The van der Waals surface area contributed by atoms with E-state index >= 15 is 0 Å². The van der Waals surface area contributed by atoms with Gasteiger partial charge in [0.1, 0.15) is 12.7 Å². The number of hydrogen-bond acceptors (Lipinski definition) is 7. The minimum absolute atomic E-state index is 0.0866. The van der Waals surface area contributed by atoms with Crippen molar-refractivity contribution in [3.63, 3.8) is 0 Å². The Kier molecular flexibility index (Phi) is 48.2. The Balaban J connectivity index is 3.50. The molecule has 9 nitrogen and oxygen atoms in total. The van der Waals surface area contributed by atoms with Crippen LogP contribution in [0.1, 0.15) is 277 Å². The van der Waals surface area contributed by atoms with Gasteiger partial charge in [0.25, 0.3) is 0 Å². The van der Waals surface area contributed by atoms with Crippen molar-refractivity contribution in [2.45, 2.75) is 283 Å². The second kappa shape index (κ2) is 49.2. The van der Waals surface area contributed by atoms with Gasteiger partial charge in [-0.05, 0) is 38.5 Å². The lowest BCUT2D eigenvalue weighted by atomic mass is 10.0. The first-order valence-corrected chi connectivity index (χ1v) is 28.2. The number of phosphoric acid groups is 1. The average molecular weight is 900 g/mol. The highest BCUT2D eigenvalue weighted by Crippen LogP contribution is 2.42. The Morgan fingerprint density at radius 2 is 0.823 bits per heavy atom. The maximum atomic E-state index is 12.2. The number of amides is 1. The summed E-state index contributed by atoms with van der Waals surface area (Å²) in [6, 6.07) is 0. The van der Waals surface area contributed by atoms with E-state index in [1.165, 1.54) is 212 Å². The molecule has 2 unspecified atom stereocenters. The number of phosphoric ester groups is 1. The first kappa shape index (κ1) is 60.8. The topological polar surface area (TPSA) is 131 Å². The Labute approximate surface area is 383 Å². The Hall–Kier alpha value is -1.25. The molecule has 0 aromatic rings. The number of allylic oxidation sites excluding steroid dienone is 2. The van der Waals surface area contributed by atoms with Gasteiger partial charge in [-0.2, -0.15) is 0 Å². The van der Waals surface area contributed by atoms with Gasteiger partial charge in [-0.1, -0.05) is 238 Å². The van der Waals surface area contributed by atoms with Gasteiger partial charge in [-0.15, -0.1) is 0 Å². The van der Waals surface area contributed by atoms with Gasteiger partial charge < -0.3 is 20.1 Å². The van der Waals surface area contributed by atoms with Crippen LogP contribution >= 0.6 is 7.82 Å². The Morgan fingerprint density at radius 1 is 0.484 bits per heavy atom. The van der Waals surface area contributed by atoms with E-state index < -0.39 is 26.5 Å². The number of rotatable bonds is 51. The summed E-state index contributed by atoms with van der Waals surface area (Å²) < 4.78 is 27.0. The van der Waals surface area contributed by atoms with Crippen LogP contribution < -0.4 is 5.32 Å². The molecule has 0 spiro atoms. The molecule has 10 heteroatoms. The van der Waals surface area contributed by atoms with E-state index in [4.69, 9.17) is 13.8 Å². The molecule has 0 radical (unpaired) electrons. The molecule has 368 valence electrons. The van der Waals surface area contributed by atoms with Crippen LogP contribution in [0.4, 0.5) is 0 Å². The zero-order chi connectivity index (χ0) is 45.3. The van der Waals surface area contributed by atoms with Crippen LogP contribution in [0.3, 0.4) is 0 Å². The quantitative estimate of drug-likeness (QED) is 0.0238. The number of carbonyl (C=O) groups excluding carboxylic acids is 2. The van der Waals surface area contributed by atoms with Gasteiger partial charge in [0.2, 0.25) is 5.91 Å². The molecule has 0 rings (SSSR count). The van der Waals surface area contributed by atoms with Crippen LogP contribution in [0.2, 0.25) is 0 Å². The molecule has 3 N–H and O–H groups in total. The van der Waals surface area contributed by atoms with Gasteiger partial charge >= 0.3 is 13.8 Å². The standard InChI is InChI=1S/C52H102NO8P/c1-3-5-7-9-11-13-15-17-19-21-22-23-24-25-26-27-29-30-32-34-36-38-40-42-44-51(55)53-46-47-60-62(57,58)61-49-50(54)48-59-52(56)45-43-41-39-37-35-33-31-28-20-18-16-14-12-10-8-6-4-2/h18,20,50,54H,3-17,19,21-49H2,1-2H3,(H,53,55)(H,57,58)/b20-18-. The van der Waals surface area contributed by atoms with Crippen molar-refractivity contribution in [3.05, 3.63) is 12.2 Å². The number of hydrogen-bond donors (Lipinski definition) is 3. The average Bonchev–Trinajstić information content (AvgIpc) is 3.26. The molecule has 2 atom stereocenters. The summed E-state index contributed by atoms with van der Waals surface area (Å²) in [6.45, 7) is 3.61. The summed E-state index contributed by atoms with van der Waals surface area (Å²) in [7, 11) is -4.42. The van der Waals surface area contributed by atoms with E-state index in [1.54, 1.807) is 0 Å². The third-order valence-corrected chi connectivity index (χ3v) is 12.9. The minimum Gasteiger partial charge on any atom is -0.463 e. The summed E-state index contributed by atoms with van der Waals surface area (Å²) in [5, 5.41) is 12.8. The first-order chi connectivity index (χ1) is 30.3. The molecule has 0 aromatic heterocycles. The zero-order valence-corrected chi connectivity index (χ0v) is 41.7. The van der Waals surface area contributed by atoms with Crippen molar-refractivity contribution < 1.29 is 37.9 Å². The maximum Gasteiger partial charge on any atom is 0.472 e. The summed E-state index contributed by atoms with van der Waals surface area (Å²) >= 11 is 0. The summed E-state index contributed by atoms with van der Waals surface area (Å²) in [4.78, 5) is 34.1. The molecular weight excluding hydrogens is 798 g/mol. The monoisotopic (exact) mass is 900 g/mol. The fourth-order valence-corrected chi connectivity index (χ4v) is 8.67. The molecule has 62 heavy (non-hydrogen) atoms. The second-order valence-corrected chi connectivity index (χ2v) is 19.7. The number of unbranched alkanes of at least 4 members (excludes halogenated alkanes) is 36. The van der Waals surface area contributed by atoms with Crippen molar-refractivity contribution in [1.29, 1.82) is 0 Å². The molecule has 0 bridgehead atoms. The lowest BCUT2D eigenvalue weighted by Crippen LogP contribution is -2.27. The van der Waals surface area contributed by atoms with E-state index in [-0.39, 0.29) is 32.1 Å². The number of carbonyl (C=O) groups is 2. The van der Waals surface area contributed by atoms with Crippen molar-refractivity contribution >= 4 is 19.7 Å². The fraction of sp³-hybridized carbons (Fsp3) is 0.923. The van der Waals surface area contributed by atoms with Gasteiger partial charge in [0.15, 0.2) is 0 Å². The van der Waals surface area contributed by atoms with Crippen LogP contribution in [0, 0.1) is 0 Å². The van der Waals surface area contributed by atoms with Crippen molar-refractivity contribution in [2.75, 3.05) is 26.4 Å². The van der Waals surface area contributed by atoms with Crippen LogP contribution in [0.25, 0.3) is 0 Å². The SMILES string of the molecule is CCCCCCCC/C=C\CCCCCCCCCC(=O)OCC(O)COP(=O)(O)OCCNC(=O)CCCCCCCCCCCCCCCCCCCCCCCCCC. The van der Waals surface area contributed by atoms with Crippen LogP contribution in [-0.4, -0.2) is 54.3 Å². The van der Waals surface area contributed by atoms with Gasteiger partial charge in [-0.25, -0.2) is 4.57 Å². The van der Waals surface area contributed by atoms with Crippen LogP contribution in [-0.2, 0) is 27.9 Å². The predicted molar refractivity (Wildman–Crippen MR) is 261 cm³/mol. The Bertz CT molecular complexity index is 1030. The third-order valence-electron chi connectivity index (χ3n) is 11.9. The molecule has 0 aliphatic heterocycles. The highest BCUT2D eigenvalue weighted by Gasteiger charge is 2.23. The zero-order valence-electron chi connectivity index (χ0n) is 40.8. The molecule has 0 aliphatic carbocycles. The molecule has 0 fully saturated rings. The van der Waals surface area contributed by atoms with E-state index in [0.717, 1.165) is 38.5 Å². The predicted octanol–water partition coefficient (Wildman–Crippen LogP) is 15.7. The van der Waals surface area contributed by atoms with Gasteiger partial charge in [-0.3, -0.25) is 18.6 Å². The summed E-state index contributed by atoms with van der Waals surface area (Å²) in [6.07, 6.45) is 54.5. The van der Waals surface area contributed by atoms with Gasteiger partial charge in [0.05, 0.1) is 13.2 Å². The smallest absolute Gasteiger partial charge is 0.463 e. The molecule has 0 heterocycles. The Morgan fingerprint density at radius 3 is 1.21 bits per heavy atom. The number of esters is 1. The second-order valence-electron chi connectivity index (χ2n) is 18.2. The lowest BCUT2D eigenvalue weighted by molar-refractivity contribution is -0.147. The number of ether oxygens (including phenoxy) is 1. The number of aliphatic hydroxyl groups excluding tert-OH is 1.